The number of ether oxygens (including phenoxy) is 1. The van der Waals surface area contributed by atoms with Gasteiger partial charge in [0.1, 0.15) is 11.8 Å². The van der Waals surface area contributed by atoms with Gasteiger partial charge in [0.25, 0.3) is 5.91 Å². The van der Waals surface area contributed by atoms with Crippen LogP contribution in [0.3, 0.4) is 0 Å². The number of benzene rings is 2. The van der Waals surface area contributed by atoms with E-state index in [1.165, 1.54) is 17.2 Å². The SMILES string of the molecule is COc1cccc(N(C(=O)CNC(=O)c2ccco2)[C@H](C(=O)NC2CCCC2)c2ccc(C)cc2)c1. The van der Waals surface area contributed by atoms with Crippen molar-refractivity contribution in [1.82, 2.24) is 10.6 Å². The Bertz CT molecular complexity index is 1180. The lowest BCUT2D eigenvalue weighted by Gasteiger charge is -2.32. The van der Waals surface area contributed by atoms with Gasteiger partial charge in [0, 0.05) is 17.8 Å². The molecule has 8 nitrogen and oxygen atoms in total. The summed E-state index contributed by atoms with van der Waals surface area (Å²) in [6.07, 6.45) is 5.35. The molecule has 3 amide bonds. The molecule has 2 aromatic carbocycles. The Hall–Kier alpha value is -4.07. The van der Waals surface area contributed by atoms with Gasteiger partial charge in [-0.25, -0.2) is 0 Å². The molecule has 8 heteroatoms. The molecular weight excluding hydrogens is 458 g/mol. The van der Waals surface area contributed by atoms with E-state index in [0.29, 0.717) is 17.0 Å². The van der Waals surface area contributed by atoms with Crippen molar-refractivity contribution >= 4 is 23.4 Å². The summed E-state index contributed by atoms with van der Waals surface area (Å²) in [7, 11) is 1.54. The van der Waals surface area contributed by atoms with Crippen LogP contribution in [0, 0.1) is 6.92 Å². The molecule has 0 aliphatic heterocycles. The normalized spacial score (nSPS) is 14.2. The Morgan fingerprint density at radius 3 is 2.47 bits per heavy atom. The first-order chi connectivity index (χ1) is 17.5. The van der Waals surface area contributed by atoms with Crippen molar-refractivity contribution in [3.05, 3.63) is 83.8 Å². The van der Waals surface area contributed by atoms with Crippen LogP contribution in [0.1, 0.15) is 53.4 Å². The predicted molar refractivity (Wildman–Crippen MR) is 136 cm³/mol. The largest absolute Gasteiger partial charge is 0.497 e. The minimum absolute atomic E-state index is 0.0753. The minimum Gasteiger partial charge on any atom is -0.497 e. The molecule has 0 spiro atoms. The number of anilines is 1. The van der Waals surface area contributed by atoms with Gasteiger partial charge in [-0.3, -0.25) is 19.3 Å². The maximum atomic E-state index is 13.7. The molecule has 188 valence electrons. The number of rotatable bonds is 9. The van der Waals surface area contributed by atoms with Gasteiger partial charge in [-0.1, -0.05) is 48.7 Å². The number of carbonyl (C=O) groups is 3. The van der Waals surface area contributed by atoms with Crippen LogP contribution in [0.2, 0.25) is 0 Å². The molecule has 1 aliphatic rings. The molecule has 3 aromatic rings. The lowest BCUT2D eigenvalue weighted by Crippen LogP contribution is -2.49. The highest BCUT2D eigenvalue weighted by Gasteiger charge is 2.34. The van der Waals surface area contributed by atoms with E-state index in [9.17, 15) is 14.4 Å². The van der Waals surface area contributed by atoms with E-state index < -0.39 is 17.9 Å². The van der Waals surface area contributed by atoms with Crippen LogP contribution >= 0.6 is 0 Å². The molecule has 4 rings (SSSR count). The summed E-state index contributed by atoms with van der Waals surface area (Å²) in [6.45, 7) is 1.64. The van der Waals surface area contributed by atoms with Crippen molar-refractivity contribution in [2.24, 2.45) is 0 Å². The third-order valence-corrected chi connectivity index (χ3v) is 6.35. The van der Waals surface area contributed by atoms with Crippen molar-refractivity contribution in [2.45, 2.75) is 44.7 Å². The second-order valence-electron chi connectivity index (χ2n) is 8.93. The van der Waals surface area contributed by atoms with Crippen molar-refractivity contribution in [3.8, 4) is 5.75 Å². The third-order valence-electron chi connectivity index (χ3n) is 6.35. The highest BCUT2D eigenvalue weighted by Crippen LogP contribution is 2.31. The average Bonchev–Trinajstić information content (AvgIpc) is 3.61. The predicted octanol–water partition coefficient (Wildman–Crippen LogP) is 4.16. The fourth-order valence-corrected chi connectivity index (χ4v) is 4.45. The fraction of sp³-hybridized carbons (Fsp3) is 0.321. The number of hydrogen-bond donors (Lipinski definition) is 2. The van der Waals surface area contributed by atoms with Crippen LogP contribution in [-0.2, 0) is 9.59 Å². The van der Waals surface area contributed by atoms with E-state index in [1.807, 2.05) is 31.2 Å². The summed E-state index contributed by atoms with van der Waals surface area (Å²) < 4.78 is 10.5. The molecule has 1 aromatic heterocycles. The monoisotopic (exact) mass is 489 g/mol. The molecular formula is C28H31N3O5. The Kier molecular flexibility index (Phi) is 8.05. The van der Waals surface area contributed by atoms with Gasteiger partial charge < -0.3 is 19.8 Å². The fourth-order valence-electron chi connectivity index (χ4n) is 4.45. The first kappa shape index (κ1) is 25.0. The number of carbonyl (C=O) groups excluding carboxylic acids is 3. The summed E-state index contributed by atoms with van der Waals surface area (Å²) in [5, 5.41) is 5.75. The Labute approximate surface area is 210 Å². The summed E-state index contributed by atoms with van der Waals surface area (Å²) in [4.78, 5) is 41.3. The summed E-state index contributed by atoms with van der Waals surface area (Å²) in [5.41, 5.74) is 2.20. The van der Waals surface area contributed by atoms with Gasteiger partial charge in [-0.15, -0.1) is 0 Å². The number of nitrogens with one attached hydrogen (secondary N) is 2. The van der Waals surface area contributed by atoms with Gasteiger partial charge in [-0.05, 0) is 49.6 Å². The highest BCUT2D eigenvalue weighted by atomic mass is 16.5. The smallest absolute Gasteiger partial charge is 0.287 e. The lowest BCUT2D eigenvalue weighted by atomic mass is 10.0. The van der Waals surface area contributed by atoms with E-state index in [-0.39, 0.29) is 24.3 Å². The van der Waals surface area contributed by atoms with E-state index in [0.717, 1.165) is 31.2 Å². The van der Waals surface area contributed by atoms with Crippen LogP contribution in [0.5, 0.6) is 5.75 Å². The number of nitrogens with zero attached hydrogens (tertiary/aromatic N) is 1. The van der Waals surface area contributed by atoms with Crippen LogP contribution in [0.15, 0.2) is 71.3 Å². The van der Waals surface area contributed by atoms with Crippen molar-refractivity contribution in [1.29, 1.82) is 0 Å². The third kappa shape index (κ3) is 5.94. The Morgan fingerprint density at radius 1 is 1.06 bits per heavy atom. The standard InChI is InChI=1S/C28H31N3O5/c1-19-12-14-20(15-13-19)26(28(34)30-21-7-3-4-8-21)31(22-9-5-10-23(17-22)35-2)25(32)18-29-27(33)24-11-6-16-36-24/h5-6,9-17,21,26H,3-4,7-8,18H2,1-2H3,(H,29,33)(H,30,34)/t26-/m0/s1. The summed E-state index contributed by atoms with van der Waals surface area (Å²) in [6, 6.07) is 16.8. The Morgan fingerprint density at radius 2 is 1.81 bits per heavy atom. The van der Waals surface area contributed by atoms with Crippen molar-refractivity contribution < 1.29 is 23.5 Å². The molecule has 1 atom stereocenters. The number of methoxy groups -OCH3 is 1. The van der Waals surface area contributed by atoms with Gasteiger partial charge >= 0.3 is 0 Å². The van der Waals surface area contributed by atoms with Crippen LogP contribution in [-0.4, -0.2) is 37.4 Å². The molecule has 1 fully saturated rings. The molecule has 0 bridgehead atoms. The highest BCUT2D eigenvalue weighted by molar-refractivity contribution is 6.04. The van der Waals surface area contributed by atoms with Gasteiger partial charge in [0.15, 0.2) is 5.76 Å². The molecule has 2 N–H and O–H groups in total. The molecule has 0 saturated heterocycles. The van der Waals surface area contributed by atoms with E-state index in [1.54, 1.807) is 37.4 Å². The number of amides is 3. The number of hydrogen-bond acceptors (Lipinski definition) is 5. The van der Waals surface area contributed by atoms with Gasteiger partial charge in [0.05, 0.1) is 19.9 Å². The second kappa shape index (κ2) is 11.6. The molecule has 1 heterocycles. The zero-order chi connectivity index (χ0) is 25.5. The first-order valence-electron chi connectivity index (χ1n) is 12.1. The quantitative estimate of drug-likeness (QED) is 0.470. The molecule has 36 heavy (non-hydrogen) atoms. The maximum absolute atomic E-state index is 13.7. The van der Waals surface area contributed by atoms with Crippen LogP contribution in [0.4, 0.5) is 5.69 Å². The topological polar surface area (TPSA) is 101 Å². The maximum Gasteiger partial charge on any atom is 0.287 e. The summed E-state index contributed by atoms with van der Waals surface area (Å²) >= 11 is 0. The second-order valence-corrected chi connectivity index (χ2v) is 8.93. The molecule has 0 unspecified atom stereocenters. The molecule has 0 radical (unpaired) electrons. The first-order valence-corrected chi connectivity index (χ1v) is 12.1. The zero-order valence-corrected chi connectivity index (χ0v) is 20.5. The van der Waals surface area contributed by atoms with Crippen LogP contribution < -0.4 is 20.3 Å². The lowest BCUT2D eigenvalue weighted by molar-refractivity contribution is -0.126. The number of furan rings is 1. The van der Waals surface area contributed by atoms with Gasteiger partial charge in [-0.2, -0.15) is 0 Å². The molecule has 1 saturated carbocycles. The zero-order valence-electron chi connectivity index (χ0n) is 20.5. The van der Waals surface area contributed by atoms with Crippen molar-refractivity contribution in [3.63, 3.8) is 0 Å². The Balaban J connectivity index is 1.70. The van der Waals surface area contributed by atoms with Gasteiger partial charge in [0.2, 0.25) is 11.8 Å². The van der Waals surface area contributed by atoms with E-state index in [2.05, 4.69) is 10.6 Å². The van der Waals surface area contributed by atoms with Crippen molar-refractivity contribution in [2.75, 3.05) is 18.6 Å². The molecule has 1 aliphatic carbocycles. The van der Waals surface area contributed by atoms with E-state index in [4.69, 9.17) is 9.15 Å². The van der Waals surface area contributed by atoms with E-state index >= 15 is 0 Å². The average molecular weight is 490 g/mol. The number of aryl methyl sites for hydroxylation is 1. The summed E-state index contributed by atoms with van der Waals surface area (Å²) in [5.74, 6) is -0.579. The minimum atomic E-state index is -0.939. The van der Waals surface area contributed by atoms with Crippen LogP contribution in [0.25, 0.3) is 0 Å².